The molecule has 4 nitrogen and oxygen atoms in total. The van der Waals surface area contributed by atoms with Crippen LogP contribution in [-0.4, -0.2) is 54.9 Å². The molecule has 0 saturated heterocycles. The van der Waals surface area contributed by atoms with Crippen LogP contribution >= 0.6 is 0 Å². The molecule has 2 rings (SSSR count). The second-order valence-electron chi connectivity index (χ2n) is 6.70. The van der Waals surface area contributed by atoms with Crippen molar-refractivity contribution in [3.63, 3.8) is 0 Å². The Morgan fingerprint density at radius 3 is 2.45 bits per heavy atom. The van der Waals surface area contributed by atoms with E-state index in [2.05, 4.69) is 10.2 Å². The van der Waals surface area contributed by atoms with Crippen LogP contribution < -0.4 is 5.32 Å². The van der Waals surface area contributed by atoms with Crippen LogP contribution in [0.1, 0.15) is 31.2 Å². The molecule has 0 aliphatic heterocycles. The van der Waals surface area contributed by atoms with Gasteiger partial charge in [0.05, 0.1) is 6.10 Å². The second kappa shape index (κ2) is 8.06. The average molecular weight is 306 g/mol. The summed E-state index contributed by atoms with van der Waals surface area (Å²) in [6.07, 6.45) is 3.46. The third-order valence-electron chi connectivity index (χ3n) is 4.80. The molecule has 0 amide bonds. The number of rotatable bonds is 8. The quantitative estimate of drug-likeness (QED) is 0.638. The van der Waals surface area contributed by atoms with Crippen LogP contribution in [-0.2, 0) is 5.60 Å². The van der Waals surface area contributed by atoms with E-state index in [1.165, 1.54) is 0 Å². The van der Waals surface area contributed by atoms with E-state index >= 15 is 0 Å². The maximum atomic E-state index is 11.4. The summed E-state index contributed by atoms with van der Waals surface area (Å²) in [6.45, 7) is 2.13. The van der Waals surface area contributed by atoms with Crippen LogP contribution in [0.2, 0.25) is 0 Å². The SMILES string of the molecule is CN(C)CCNCC(O)C(O)(c1ccccc1)C1CCCC1. The zero-order valence-electron chi connectivity index (χ0n) is 13.8. The Balaban J connectivity index is 2.07. The van der Waals surface area contributed by atoms with Gasteiger partial charge in [-0.1, -0.05) is 43.2 Å². The van der Waals surface area contributed by atoms with Gasteiger partial charge in [-0.2, -0.15) is 0 Å². The highest BCUT2D eigenvalue weighted by Crippen LogP contribution is 2.42. The van der Waals surface area contributed by atoms with E-state index in [-0.39, 0.29) is 5.92 Å². The zero-order valence-corrected chi connectivity index (χ0v) is 13.8. The molecule has 1 aliphatic carbocycles. The van der Waals surface area contributed by atoms with Crippen LogP contribution in [0.15, 0.2) is 30.3 Å². The summed E-state index contributed by atoms with van der Waals surface area (Å²) in [5.41, 5.74) is -0.313. The number of nitrogens with one attached hydrogen (secondary N) is 1. The number of likely N-dealkylation sites (N-methyl/N-ethyl adjacent to an activating group) is 1. The van der Waals surface area contributed by atoms with Crippen molar-refractivity contribution in [2.75, 3.05) is 33.7 Å². The highest BCUT2D eigenvalue weighted by molar-refractivity contribution is 5.25. The summed E-state index contributed by atoms with van der Waals surface area (Å²) in [4.78, 5) is 2.10. The van der Waals surface area contributed by atoms with Gasteiger partial charge in [0.1, 0.15) is 5.60 Å². The summed E-state index contributed by atoms with van der Waals surface area (Å²) in [7, 11) is 4.05. The highest BCUT2D eigenvalue weighted by Gasteiger charge is 2.45. The Morgan fingerprint density at radius 1 is 1.23 bits per heavy atom. The van der Waals surface area contributed by atoms with Gasteiger partial charge in [0.15, 0.2) is 0 Å². The Hall–Kier alpha value is -0.940. The first-order chi connectivity index (χ1) is 10.5. The maximum absolute atomic E-state index is 11.4. The number of aliphatic hydroxyl groups is 2. The van der Waals surface area contributed by atoms with E-state index in [4.69, 9.17) is 0 Å². The Bertz CT molecular complexity index is 432. The second-order valence-corrected chi connectivity index (χ2v) is 6.70. The van der Waals surface area contributed by atoms with Crippen molar-refractivity contribution >= 4 is 0 Å². The first-order valence-electron chi connectivity index (χ1n) is 8.36. The molecule has 1 saturated carbocycles. The summed E-state index contributed by atoms with van der Waals surface area (Å²) in [6, 6.07) is 9.67. The lowest BCUT2D eigenvalue weighted by Gasteiger charge is -2.39. The molecule has 0 aromatic heterocycles. The molecular formula is C18H30N2O2. The van der Waals surface area contributed by atoms with Crippen molar-refractivity contribution in [2.24, 2.45) is 5.92 Å². The molecule has 0 radical (unpaired) electrons. The van der Waals surface area contributed by atoms with Gasteiger partial charge in [-0.05, 0) is 38.4 Å². The molecule has 1 aliphatic rings. The molecule has 2 atom stereocenters. The third kappa shape index (κ3) is 4.07. The van der Waals surface area contributed by atoms with Crippen molar-refractivity contribution in [1.82, 2.24) is 10.2 Å². The van der Waals surface area contributed by atoms with Gasteiger partial charge in [-0.25, -0.2) is 0 Å². The lowest BCUT2D eigenvalue weighted by atomic mass is 9.76. The number of benzene rings is 1. The molecule has 1 aromatic rings. The fourth-order valence-electron chi connectivity index (χ4n) is 3.47. The van der Waals surface area contributed by atoms with Crippen LogP contribution in [0.5, 0.6) is 0 Å². The van der Waals surface area contributed by atoms with E-state index in [9.17, 15) is 10.2 Å². The van der Waals surface area contributed by atoms with E-state index in [0.29, 0.717) is 6.54 Å². The number of aliphatic hydroxyl groups excluding tert-OH is 1. The number of hydrogen-bond donors (Lipinski definition) is 3. The predicted octanol–water partition coefficient (Wildman–Crippen LogP) is 1.58. The summed E-state index contributed by atoms with van der Waals surface area (Å²) >= 11 is 0. The van der Waals surface area contributed by atoms with Gasteiger partial charge in [0.2, 0.25) is 0 Å². The van der Waals surface area contributed by atoms with Crippen LogP contribution in [0.4, 0.5) is 0 Å². The number of nitrogens with zero attached hydrogens (tertiary/aromatic N) is 1. The molecule has 2 unspecified atom stereocenters. The largest absolute Gasteiger partial charge is 0.388 e. The minimum atomic E-state index is -1.15. The van der Waals surface area contributed by atoms with Gasteiger partial charge in [-0.15, -0.1) is 0 Å². The summed E-state index contributed by atoms with van der Waals surface area (Å²) < 4.78 is 0. The van der Waals surface area contributed by atoms with Gasteiger partial charge < -0.3 is 20.4 Å². The average Bonchev–Trinajstić information content (AvgIpc) is 3.06. The highest BCUT2D eigenvalue weighted by atomic mass is 16.3. The number of hydrogen-bond acceptors (Lipinski definition) is 4. The normalized spacial score (nSPS) is 20.2. The molecule has 4 heteroatoms. The van der Waals surface area contributed by atoms with Crippen LogP contribution in [0.3, 0.4) is 0 Å². The van der Waals surface area contributed by atoms with E-state index < -0.39 is 11.7 Å². The van der Waals surface area contributed by atoms with Crippen molar-refractivity contribution in [3.05, 3.63) is 35.9 Å². The topological polar surface area (TPSA) is 55.7 Å². The van der Waals surface area contributed by atoms with Gasteiger partial charge in [-0.3, -0.25) is 0 Å². The van der Waals surface area contributed by atoms with Crippen LogP contribution in [0.25, 0.3) is 0 Å². The molecule has 0 bridgehead atoms. The van der Waals surface area contributed by atoms with Gasteiger partial charge in [0, 0.05) is 19.6 Å². The van der Waals surface area contributed by atoms with E-state index in [1.807, 2.05) is 44.4 Å². The minimum Gasteiger partial charge on any atom is -0.388 e. The van der Waals surface area contributed by atoms with Gasteiger partial charge >= 0.3 is 0 Å². The maximum Gasteiger partial charge on any atom is 0.119 e. The smallest absolute Gasteiger partial charge is 0.119 e. The van der Waals surface area contributed by atoms with Crippen molar-refractivity contribution in [2.45, 2.75) is 37.4 Å². The molecular weight excluding hydrogens is 276 g/mol. The van der Waals surface area contributed by atoms with Crippen molar-refractivity contribution in [3.8, 4) is 0 Å². The van der Waals surface area contributed by atoms with E-state index in [1.54, 1.807) is 0 Å². The third-order valence-corrected chi connectivity index (χ3v) is 4.80. The van der Waals surface area contributed by atoms with Crippen LogP contribution in [0, 0.1) is 5.92 Å². The predicted molar refractivity (Wildman–Crippen MR) is 89.7 cm³/mol. The molecule has 1 fully saturated rings. The monoisotopic (exact) mass is 306 g/mol. The molecule has 0 spiro atoms. The zero-order chi connectivity index (χ0) is 16.0. The minimum absolute atomic E-state index is 0.139. The molecule has 124 valence electrons. The first kappa shape index (κ1) is 17.4. The first-order valence-corrected chi connectivity index (χ1v) is 8.36. The standard InChI is InChI=1S/C18H30N2O2/c1-20(2)13-12-19-14-17(21)18(22,16-10-6-7-11-16)15-8-4-3-5-9-15/h3-5,8-9,16-17,19,21-22H,6-7,10-14H2,1-2H3. The lowest BCUT2D eigenvalue weighted by Crippen LogP contribution is -2.50. The molecule has 22 heavy (non-hydrogen) atoms. The van der Waals surface area contributed by atoms with E-state index in [0.717, 1.165) is 44.3 Å². The molecule has 1 aromatic carbocycles. The fraction of sp³-hybridized carbons (Fsp3) is 0.667. The van der Waals surface area contributed by atoms with Crippen molar-refractivity contribution < 1.29 is 10.2 Å². The molecule has 3 N–H and O–H groups in total. The molecule has 0 heterocycles. The van der Waals surface area contributed by atoms with Crippen molar-refractivity contribution in [1.29, 1.82) is 0 Å². The summed E-state index contributed by atoms with van der Waals surface area (Å²) in [5.74, 6) is 0.139. The Labute approximate surface area is 134 Å². The fourth-order valence-corrected chi connectivity index (χ4v) is 3.47. The Morgan fingerprint density at radius 2 is 1.86 bits per heavy atom. The Kier molecular flexibility index (Phi) is 6.38. The van der Waals surface area contributed by atoms with Gasteiger partial charge in [0.25, 0.3) is 0 Å². The lowest BCUT2D eigenvalue weighted by molar-refractivity contribution is -0.118. The summed E-state index contributed by atoms with van der Waals surface area (Å²) in [5, 5.41) is 25.3.